The number of hydrogen-bond donors (Lipinski definition) is 0. The van der Waals surface area contributed by atoms with Crippen molar-refractivity contribution < 1.29 is 4.79 Å². The van der Waals surface area contributed by atoms with Gasteiger partial charge in [0.25, 0.3) is 5.91 Å². The van der Waals surface area contributed by atoms with Crippen molar-refractivity contribution >= 4 is 5.91 Å². The summed E-state index contributed by atoms with van der Waals surface area (Å²) in [5.41, 5.74) is 1.61. The fraction of sp³-hybridized carbons (Fsp3) is 0.471. The topological polar surface area (TPSA) is 51.0 Å². The van der Waals surface area contributed by atoms with Crippen LogP contribution in [0.3, 0.4) is 0 Å². The highest BCUT2D eigenvalue weighted by Crippen LogP contribution is 2.16. The monoisotopic (exact) mass is 300 g/mol. The van der Waals surface area contributed by atoms with Crippen molar-refractivity contribution in [2.24, 2.45) is 0 Å². The molecule has 0 saturated carbocycles. The molecule has 0 aliphatic rings. The molecule has 0 saturated heterocycles. The molecular formula is C17H24N4O. The Hall–Kier alpha value is -2.17. The first-order valence-electron chi connectivity index (χ1n) is 8.00. The van der Waals surface area contributed by atoms with Gasteiger partial charge < -0.3 is 4.90 Å². The zero-order chi connectivity index (χ0) is 15.9. The van der Waals surface area contributed by atoms with Crippen LogP contribution in [0.25, 0.3) is 5.82 Å². The fourth-order valence-corrected chi connectivity index (χ4v) is 2.59. The van der Waals surface area contributed by atoms with Crippen LogP contribution in [0, 0.1) is 0 Å². The number of carbonyl (C=O) groups excluding carboxylic acids is 1. The lowest BCUT2D eigenvalue weighted by atomic mass is 10.1. The van der Waals surface area contributed by atoms with Gasteiger partial charge in [0.2, 0.25) is 0 Å². The number of nitrogens with zero attached hydrogens (tertiary/aromatic N) is 4. The molecule has 0 aromatic carbocycles. The van der Waals surface area contributed by atoms with E-state index in [1.54, 1.807) is 17.1 Å². The van der Waals surface area contributed by atoms with Crippen molar-refractivity contribution in [3.05, 3.63) is 41.9 Å². The Morgan fingerprint density at radius 1 is 1.18 bits per heavy atom. The highest BCUT2D eigenvalue weighted by Gasteiger charge is 2.21. The second-order valence-corrected chi connectivity index (χ2v) is 5.25. The molecule has 0 bridgehead atoms. The van der Waals surface area contributed by atoms with Crippen LogP contribution in [-0.4, -0.2) is 38.7 Å². The van der Waals surface area contributed by atoms with Crippen molar-refractivity contribution in [2.75, 3.05) is 13.1 Å². The van der Waals surface area contributed by atoms with E-state index in [9.17, 15) is 4.79 Å². The van der Waals surface area contributed by atoms with E-state index in [0.717, 1.165) is 43.9 Å². The van der Waals surface area contributed by atoms with Gasteiger partial charge in [-0.25, -0.2) is 9.67 Å². The highest BCUT2D eigenvalue weighted by atomic mass is 16.2. The standard InChI is InChI=1S/C17H24N4O/c1-4-11-20(12-5-2)17(22)14-13-19-21(15(14)6-3)16-9-7-8-10-18-16/h7-10,13H,4-6,11-12H2,1-3H3. The maximum absolute atomic E-state index is 12.8. The maximum Gasteiger partial charge on any atom is 0.257 e. The quantitative estimate of drug-likeness (QED) is 0.789. The van der Waals surface area contributed by atoms with E-state index < -0.39 is 0 Å². The number of rotatable bonds is 7. The van der Waals surface area contributed by atoms with Crippen LogP contribution >= 0.6 is 0 Å². The van der Waals surface area contributed by atoms with Crippen molar-refractivity contribution in [2.45, 2.75) is 40.0 Å². The molecule has 0 radical (unpaired) electrons. The molecule has 0 N–H and O–H groups in total. The molecule has 118 valence electrons. The zero-order valence-corrected chi connectivity index (χ0v) is 13.6. The van der Waals surface area contributed by atoms with Crippen LogP contribution in [0.2, 0.25) is 0 Å². The molecule has 2 aromatic rings. The Balaban J connectivity index is 2.36. The summed E-state index contributed by atoms with van der Waals surface area (Å²) >= 11 is 0. The molecule has 0 spiro atoms. The second-order valence-electron chi connectivity index (χ2n) is 5.25. The number of hydrogen-bond acceptors (Lipinski definition) is 3. The van der Waals surface area contributed by atoms with Gasteiger partial charge >= 0.3 is 0 Å². The first-order valence-corrected chi connectivity index (χ1v) is 8.00. The van der Waals surface area contributed by atoms with Crippen LogP contribution in [-0.2, 0) is 6.42 Å². The molecule has 0 unspecified atom stereocenters. The summed E-state index contributed by atoms with van der Waals surface area (Å²) in [6.45, 7) is 7.79. The van der Waals surface area contributed by atoms with Crippen molar-refractivity contribution in [3.63, 3.8) is 0 Å². The summed E-state index contributed by atoms with van der Waals surface area (Å²) in [5, 5.41) is 4.39. The average molecular weight is 300 g/mol. The van der Waals surface area contributed by atoms with E-state index in [1.165, 1.54) is 0 Å². The molecule has 5 nitrogen and oxygen atoms in total. The Morgan fingerprint density at radius 3 is 2.45 bits per heavy atom. The summed E-state index contributed by atoms with van der Waals surface area (Å²) in [6.07, 6.45) is 6.07. The third-order valence-corrected chi connectivity index (χ3v) is 3.57. The second kappa shape index (κ2) is 7.73. The van der Waals surface area contributed by atoms with Crippen LogP contribution in [0.5, 0.6) is 0 Å². The highest BCUT2D eigenvalue weighted by molar-refractivity contribution is 5.95. The zero-order valence-electron chi connectivity index (χ0n) is 13.6. The Labute approximate surface area is 132 Å². The molecule has 0 aliphatic carbocycles. The molecule has 5 heteroatoms. The molecule has 2 rings (SSSR count). The first kappa shape index (κ1) is 16.2. The first-order chi connectivity index (χ1) is 10.7. The van der Waals surface area contributed by atoms with Gasteiger partial charge in [0.1, 0.15) is 0 Å². The van der Waals surface area contributed by atoms with Gasteiger partial charge in [0.15, 0.2) is 5.82 Å². The Bertz CT molecular complexity index is 600. The van der Waals surface area contributed by atoms with Crippen LogP contribution in [0.1, 0.15) is 49.7 Å². The van der Waals surface area contributed by atoms with Crippen molar-refractivity contribution in [1.82, 2.24) is 19.7 Å². The number of pyridine rings is 1. The lowest BCUT2D eigenvalue weighted by Gasteiger charge is -2.21. The summed E-state index contributed by atoms with van der Waals surface area (Å²) in [7, 11) is 0. The van der Waals surface area contributed by atoms with Gasteiger partial charge in [0, 0.05) is 19.3 Å². The van der Waals surface area contributed by atoms with Gasteiger partial charge in [-0.2, -0.15) is 5.10 Å². The van der Waals surface area contributed by atoms with E-state index in [2.05, 4.69) is 23.9 Å². The summed E-state index contributed by atoms with van der Waals surface area (Å²) < 4.78 is 1.77. The van der Waals surface area contributed by atoms with Crippen LogP contribution in [0.15, 0.2) is 30.6 Å². The minimum absolute atomic E-state index is 0.0720. The summed E-state index contributed by atoms with van der Waals surface area (Å²) in [4.78, 5) is 19.0. The lowest BCUT2D eigenvalue weighted by Crippen LogP contribution is -2.33. The average Bonchev–Trinajstić information content (AvgIpc) is 2.98. The fourth-order valence-electron chi connectivity index (χ4n) is 2.59. The van der Waals surface area contributed by atoms with Gasteiger partial charge in [-0.15, -0.1) is 0 Å². The molecule has 2 aromatic heterocycles. The molecule has 22 heavy (non-hydrogen) atoms. The van der Waals surface area contributed by atoms with E-state index in [-0.39, 0.29) is 5.91 Å². The molecule has 2 heterocycles. The largest absolute Gasteiger partial charge is 0.339 e. The molecule has 0 fully saturated rings. The minimum Gasteiger partial charge on any atom is -0.339 e. The minimum atomic E-state index is 0.0720. The van der Waals surface area contributed by atoms with Gasteiger partial charge in [0.05, 0.1) is 17.5 Å². The van der Waals surface area contributed by atoms with Crippen molar-refractivity contribution in [3.8, 4) is 5.82 Å². The Morgan fingerprint density at radius 2 is 1.91 bits per heavy atom. The molecule has 0 atom stereocenters. The maximum atomic E-state index is 12.8. The lowest BCUT2D eigenvalue weighted by molar-refractivity contribution is 0.0754. The summed E-state index contributed by atoms with van der Waals surface area (Å²) in [6, 6.07) is 5.69. The van der Waals surface area contributed by atoms with E-state index in [4.69, 9.17) is 0 Å². The SMILES string of the molecule is CCCN(CCC)C(=O)c1cnn(-c2ccccn2)c1CC. The molecular weight excluding hydrogens is 276 g/mol. The predicted molar refractivity (Wildman–Crippen MR) is 87.2 cm³/mol. The number of amides is 1. The van der Waals surface area contributed by atoms with E-state index in [0.29, 0.717) is 5.56 Å². The van der Waals surface area contributed by atoms with E-state index >= 15 is 0 Å². The van der Waals surface area contributed by atoms with Gasteiger partial charge in [-0.1, -0.05) is 26.8 Å². The third-order valence-electron chi connectivity index (χ3n) is 3.57. The van der Waals surface area contributed by atoms with E-state index in [1.807, 2.05) is 30.0 Å². The number of aromatic nitrogens is 3. The van der Waals surface area contributed by atoms with Crippen molar-refractivity contribution in [1.29, 1.82) is 0 Å². The number of carbonyl (C=O) groups is 1. The normalized spacial score (nSPS) is 10.7. The molecule has 1 amide bonds. The smallest absolute Gasteiger partial charge is 0.257 e. The summed E-state index contributed by atoms with van der Waals surface area (Å²) in [5.74, 6) is 0.818. The van der Waals surface area contributed by atoms with Crippen LogP contribution in [0.4, 0.5) is 0 Å². The Kier molecular flexibility index (Phi) is 5.69. The van der Waals surface area contributed by atoms with Gasteiger partial charge in [-0.3, -0.25) is 4.79 Å². The van der Waals surface area contributed by atoms with Gasteiger partial charge in [-0.05, 0) is 31.4 Å². The molecule has 0 aliphatic heterocycles. The predicted octanol–water partition coefficient (Wildman–Crippen LogP) is 3.09. The third kappa shape index (κ3) is 3.35. The van der Waals surface area contributed by atoms with Crippen LogP contribution < -0.4 is 0 Å².